The monoisotopic (exact) mass is 308 g/mol. The van der Waals surface area contributed by atoms with Crippen molar-refractivity contribution in [2.24, 2.45) is 5.92 Å². The number of thiophene rings is 1. The van der Waals surface area contributed by atoms with Crippen LogP contribution >= 0.6 is 11.3 Å². The molecule has 0 bridgehead atoms. The summed E-state index contributed by atoms with van der Waals surface area (Å²) < 4.78 is 11.4. The van der Waals surface area contributed by atoms with Gasteiger partial charge in [0.2, 0.25) is 5.82 Å². The average Bonchev–Trinajstić information content (AvgIpc) is 3.07. The molecule has 2 heterocycles. The van der Waals surface area contributed by atoms with E-state index in [9.17, 15) is 5.11 Å². The summed E-state index contributed by atoms with van der Waals surface area (Å²) >= 11 is 1.39. The van der Waals surface area contributed by atoms with Crippen LogP contribution in [0.1, 0.15) is 45.4 Å². The van der Waals surface area contributed by atoms with E-state index in [0.717, 1.165) is 19.3 Å². The second-order valence-electron chi connectivity index (χ2n) is 5.69. The molecule has 0 amide bonds. The minimum absolute atomic E-state index is 0.178. The van der Waals surface area contributed by atoms with Crippen LogP contribution in [0.25, 0.3) is 10.8 Å². The number of aromatic nitrogens is 2. The van der Waals surface area contributed by atoms with Crippen molar-refractivity contribution in [1.82, 2.24) is 10.1 Å². The van der Waals surface area contributed by atoms with Gasteiger partial charge in [0.25, 0.3) is 5.89 Å². The number of hydrogen-bond acceptors (Lipinski definition) is 6. The van der Waals surface area contributed by atoms with Crippen molar-refractivity contribution in [3.8, 4) is 16.5 Å². The third-order valence-corrected chi connectivity index (χ3v) is 4.94. The van der Waals surface area contributed by atoms with E-state index in [-0.39, 0.29) is 5.75 Å². The Hall–Kier alpha value is -1.40. The predicted molar refractivity (Wildman–Crippen MR) is 80.2 cm³/mol. The maximum absolute atomic E-state index is 9.78. The highest BCUT2D eigenvalue weighted by Crippen LogP contribution is 2.43. The molecule has 0 aromatic carbocycles. The topological polar surface area (TPSA) is 68.4 Å². The van der Waals surface area contributed by atoms with Gasteiger partial charge in [0, 0.05) is 6.61 Å². The van der Waals surface area contributed by atoms with Gasteiger partial charge in [-0.2, -0.15) is 4.98 Å². The number of aromatic hydroxyl groups is 1. The summed E-state index contributed by atoms with van der Waals surface area (Å²) in [4.78, 5) is 5.13. The number of rotatable bonds is 4. The molecule has 1 N–H and O–H groups in total. The molecule has 1 fully saturated rings. The summed E-state index contributed by atoms with van der Waals surface area (Å²) in [6.45, 7) is 4.85. The fourth-order valence-corrected chi connectivity index (χ4v) is 3.85. The molecule has 2 aromatic heterocycles. The van der Waals surface area contributed by atoms with E-state index in [1.165, 1.54) is 17.8 Å². The SMILES string of the molecule is CCOC1(c2noc(-c3sccc3O)n2)CCCC(C)C1. The zero-order valence-corrected chi connectivity index (χ0v) is 13.2. The molecule has 2 unspecified atom stereocenters. The molecule has 1 aliphatic rings. The standard InChI is InChI=1S/C15H20N2O3S/c1-3-19-15(7-4-5-10(2)9-15)14-16-13(20-17-14)12-11(18)6-8-21-12/h6,8,10,18H,3-5,7,9H2,1-2H3. The molecule has 0 saturated heterocycles. The first kappa shape index (κ1) is 14.5. The summed E-state index contributed by atoms with van der Waals surface area (Å²) in [7, 11) is 0. The van der Waals surface area contributed by atoms with Crippen LogP contribution in [0, 0.1) is 5.92 Å². The molecule has 1 saturated carbocycles. The van der Waals surface area contributed by atoms with Gasteiger partial charge in [0.1, 0.15) is 16.2 Å². The summed E-state index contributed by atoms with van der Waals surface area (Å²) in [6.07, 6.45) is 4.15. The molecule has 2 atom stereocenters. The third-order valence-electron chi connectivity index (χ3n) is 4.05. The Labute approximate surface area is 128 Å². The van der Waals surface area contributed by atoms with Gasteiger partial charge in [0.15, 0.2) is 0 Å². The summed E-state index contributed by atoms with van der Waals surface area (Å²) in [5.74, 6) is 1.74. The summed E-state index contributed by atoms with van der Waals surface area (Å²) in [6, 6.07) is 1.63. The molecule has 1 aliphatic carbocycles. The minimum atomic E-state index is -0.443. The summed E-state index contributed by atoms with van der Waals surface area (Å²) in [5.41, 5.74) is -0.443. The van der Waals surface area contributed by atoms with Crippen molar-refractivity contribution in [3.63, 3.8) is 0 Å². The van der Waals surface area contributed by atoms with Crippen molar-refractivity contribution in [3.05, 3.63) is 17.3 Å². The molecule has 5 nitrogen and oxygen atoms in total. The van der Waals surface area contributed by atoms with Crippen molar-refractivity contribution in [2.45, 2.75) is 45.1 Å². The molecule has 0 aliphatic heterocycles. The van der Waals surface area contributed by atoms with Gasteiger partial charge in [-0.3, -0.25) is 0 Å². The predicted octanol–water partition coefficient (Wildman–Crippen LogP) is 3.95. The maximum Gasteiger partial charge on any atom is 0.271 e. The van der Waals surface area contributed by atoms with E-state index in [2.05, 4.69) is 17.1 Å². The zero-order chi connectivity index (χ0) is 14.9. The van der Waals surface area contributed by atoms with Gasteiger partial charge >= 0.3 is 0 Å². The molecular weight excluding hydrogens is 288 g/mol. The van der Waals surface area contributed by atoms with Crippen LogP contribution in [0.3, 0.4) is 0 Å². The molecular formula is C15H20N2O3S. The van der Waals surface area contributed by atoms with E-state index in [1.54, 1.807) is 11.4 Å². The first-order valence-corrected chi connectivity index (χ1v) is 8.27. The van der Waals surface area contributed by atoms with E-state index in [1.807, 2.05) is 6.92 Å². The second-order valence-corrected chi connectivity index (χ2v) is 6.60. The quantitative estimate of drug-likeness (QED) is 0.926. The van der Waals surface area contributed by atoms with Gasteiger partial charge in [0.05, 0.1) is 0 Å². The van der Waals surface area contributed by atoms with E-state index < -0.39 is 5.60 Å². The van der Waals surface area contributed by atoms with Crippen molar-refractivity contribution < 1.29 is 14.4 Å². The Morgan fingerprint density at radius 3 is 3.10 bits per heavy atom. The van der Waals surface area contributed by atoms with Crippen LogP contribution in [0.2, 0.25) is 0 Å². The Morgan fingerprint density at radius 2 is 2.43 bits per heavy atom. The van der Waals surface area contributed by atoms with E-state index >= 15 is 0 Å². The van der Waals surface area contributed by atoms with Gasteiger partial charge < -0.3 is 14.4 Å². The highest BCUT2D eigenvalue weighted by atomic mass is 32.1. The highest BCUT2D eigenvalue weighted by Gasteiger charge is 2.41. The van der Waals surface area contributed by atoms with Crippen molar-refractivity contribution >= 4 is 11.3 Å². The lowest BCUT2D eigenvalue weighted by atomic mass is 9.78. The Balaban J connectivity index is 1.94. The van der Waals surface area contributed by atoms with Gasteiger partial charge in [-0.1, -0.05) is 18.5 Å². The van der Waals surface area contributed by atoms with Crippen LogP contribution < -0.4 is 0 Å². The molecule has 2 aromatic rings. The van der Waals surface area contributed by atoms with E-state index in [0.29, 0.717) is 29.1 Å². The normalized spacial score (nSPS) is 26.1. The van der Waals surface area contributed by atoms with Crippen molar-refractivity contribution in [1.29, 1.82) is 0 Å². The van der Waals surface area contributed by atoms with Gasteiger partial charge in [-0.15, -0.1) is 11.3 Å². The second kappa shape index (κ2) is 5.77. The minimum Gasteiger partial charge on any atom is -0.506 e. The molecule has 114 valence electrons. The highest BCUT2D eigenvalue weighted by molar-refractivity contribution is 7.13. The Morgan fingerprint density at radius 1 is 1.57 bits per heavy atom. The lowest BCUT2D eigenvalue weighted by molar-refractivity contribution is -0.0891. The molecule has 3 rings (SSSR count). The van der Waals surface area contributed by atoms with Crippen LogP contribution in [0.4, 0.5) is 0 Å². The first-order chi connectivity index (χ1) is 10.1. The van der Waals surface area contributed by atoms with Crippen LogP contribution in [-0.4, -0.2) is 21.9 Å². The number of hydrogen-bond donors (Lipinski definition) is 1. The van der Waals surface area contributed by atoms with Gasteiger partial charge in [-0.05, 0) is 43.6 Å². The Kier molecular flexibility index (Phi) is 3.99. The number of ether oxygens (including phenoxy) is 1. The fourth-order valence-electron chi connectivity index (χ4n) is 3.14. The number of nitrogens with zero attached hydrogens (tertiary/aromatic N) is 2. The fraction of sp³-hybridized carbons (Fsp3) is 0.600. The smallest absolute Gasteiger partial charge is 0.271 e. The van der Waals surface area contributed by atoms with Crippen LogP contribution in [0.5, 0.6) is 5.75 Å². The first-order valence-electron chi connectivity index (χ1n) is 7.39. The molecule has 0 spiro atoms. The largest absolute Gasteiger partial charge is 0.506 e. The molecule has 0 radical (unpaired) electrons. The van der Waals surface area contributed by atoms with Crippen LogP contribution in [0.15, 0.2) is 16.0 Å². The van der Waals surface area contributed by atoms with Crippen LogP contribution in [-0.2, 0) is 10.3 Å². The molecule has 21 heavy (non-hydrogen) atoms. The Bertz CT molecular complexity index is 606. The zero-order valence-electron chi connectivity index (χ0n) is 12.3. The maximum atomic E-state index is 9.78. The van der Waals surface area contributed by atoms with Crippen molar-refractivity contribution in [2.75, 3.05) is 6.61 Å². The lowest BCUT2D eigenvalue weighted by Crippen LogP contribution is -2.36. The lowest BCUT2D eigenvalue weighted by Gasteiger charge is -2.37. The summed E-state index contributed by atoms with van der Waals surface area (Å²) in [5, 5.41) is 15.7. The average molecular weight is 308 g/mol. The third kappa shape index (κ3) is 2.70. The molecule has 6 heteroatoms. The van der Waals surface area contributed by atoms with Gasteiger partial charge in [-0.25, -0.2) is 0 Å². The van der Waals surface area contributed by atoms with E-state index in [4.69, 9.17) is 9.26 Å².